The average Bonchev–Trinajstić information content (AvgIpc) is 3.38. The molecule has 1 amide bonds. The van der Waals surface area contributed by atoms with Gasteiger partial charge in [-0.3, -0.25) is 4.79 Å². The Bertz CT molecular complexity index is 1230. The third kappa shape index (κ3) is 3.38. The standard InChI is InChI=1S/C21H17N3O4S/c1-11-13(21(26)27-3)6-4-7-15(11)22-19(25)14-10-16(17-8-5-9-29-17)23-20-18(14)12(2)24-28-20/h4-10H,1-3H3,(H,22,25). The molecule has 1 aromatic carbocycles. The van der Waals surface area contributed by atoms with Crippen LogP contribution in [0.2, 0.25) is 0 Å². The molecule has 0 bridgehead atoms. The molecular weight excluding hydrogens is 390 g/mol. The number of methoxy groups -OCH3 is 1. The average molecular weight is 407 g/mol. The van der Waals surface area contributed by atoms with Gasteiger partial charge in [0.2, 0.25) is 0 Å². The van der Waals surface area contributed by atoms with Gasteiger partial charge >= 0.3 is 5.97 Å². The number of amides is 1. The maximum absolute atomic E-state index is 13.2. The molecule has 0 atom stereocenters. The molecule has 0 saturated carbocycles. The molecule has 7 nitrogen and oxygen atoms in total. The number of pyridine rings is 1. The van der Waals surface area contributed by atoms with Crippen LogP contribution < -0.4 is 5.32 Å². The first-order chi connectivity index (χ1) is 14.0. The third-order valence-corrected chi connectivity index (χ3v) is 5.52. The van der Waals surface area contributed by atoms with Crippen LogP contribution in [0.4, 0.5) is 5.69 Å². The van der Waals surface area contributed by atoms with Crippen molar-refractivity contribution in [3.8, 4) is 10.6 Å². The number of ether oxygens (including phenoxy) is 1. The number of fused-ring (bicyclic) bond motifs is 1. The first-order valence-corrected chi connectivity index (χ1v) is 9.67. The van der Waals surface area contributed by atoms with Gasteiger partial charge in [-0.1, -0.05) is 17.3 Å². The smallest absolute Gasteiger partial charge is 0.338 e. The van der Waals surface area contributed by atoms with E-state index in [-0.39, 0.29) is 5.91 Å². The number of hydrogen-bond acceptors (Lipinski definition) is 7. The highest BCUT2D eigenvalue weighted by atomic mass is 32.1. The molecule has 8 heteroatoms. The molecule has 3 aromatic heterocycles. The molecule has 0 spiro atoms. The van der Waals surface area contributed by atoms with Crippen molar-refractivity contribution < 1.29 is 18.8 Å². The van der Waals surface area contributed by atoms with Gasteiger partial charge in [0, 0.05) is 5.69 Å². The minimum atomic E-state index is -0.459. The summed E-state index contributed by atoms with van der Waals surface area (Å²) in [5.74, 6) is -0.800. The monoisotopic (exact) mass is 407 g/mol. The zero-order valence-electron chi connectivity index (χ0n) is 16.0. The number of thiophene rings is 1. The summed E-state index contributed by atoms with van der Waals surface area (Å²) in [6, 6.07) is 10.7. The Kier molecular flexibility index (Phi) is 4.85. The van der Waals surface area contributed by atoms with Crippen molar-refractivity contribution in [2.75, 3.05) is 12.4 Å². The van der Waals surface area contributed by atoms with Crippen molar-refractivity contribution in [3.05, 3.63) is 64.2 Å². The summed E-state index contributed by atoms with van der Waals surface area (Å²) in [5.41, 5.74) is 3.46. The normalized spacial score (nSPS) is 10.9. The predicted molar refractivity (Wildman–Crippen MR) is 110 cm³/mol. The molecule has 0 aliphatic carbocycles. The quantitative estimate of drug-likeness (QED) is 0.497. The first-order valence-electron chi connectivity index (χ1n) is 8.79. The van der Waals surface area contributed by atoms with E-state index < -0.39 is 5.97 Å². The SMILES string of the molecule is COC(=O)c1cccc(NC(=O)c2cc(-c3cccs3)nc3onc(C)c23)c1C. The lowest BCUT2D eigenvalue weighted by molar-refractivity contribution is 0.0599. The fourth-order valence-electron chi connectivity index (χ4n) is 3.12. The van der Waals surface area contributed by atoms with E-state index in [0.717, 1.165) is 4.88 Å². The fraction of sp³-hybridized carbons (Fsp3) is 0.143. The van der Waals surface area contributed by atoms with Crippen molar-refractivity contribution >= 4 is 40.0 Å². The van der Waals surface area contributed by atoms with Crippen LogP contribution in [-0.4, -0.2) is 29.1 Å². The van der Waals surface area contributed by atoms with Crippen molar-refractivity contribution in [2.45, 2.75) is 13.8 Å². The summed E-state index contributed by atoms with van der Waals surface area (Å²) in [4.78, 5) is 30.5. The Morgan fingerprint density at radius 2 is 1.97 bits per heavy atom. The van der Waals surface area contributed by atoms with Crippen molar-refractivity contribution in [1.82, 2.24) is 10.1 Å². The number of nitrogens with zero attached hydrogens (tertiary/aromatic N) is 2. The van der Waals surface area contributed by atoms with E-state index in [0.29, 0.717) is 44.9 Å². The first kappa shape index (κ1) is 18.8. The van der Waals surface area contributed by atoms with E-state index in [2.05, 4.69) is 15.5 Å². The maximum Gasteiger partial charge on any atom is 0.338 e. The van der Waals surface area contributed by atoms with Gasteiger partial charge in [0.25, 0.3) is 11.6 Å². The fourth-order valence-corrected chi connectivity index (χ4v) is 3.80. The number of rotatable bonds is 4. The molecule has 4 rings (SSSR count). The molecule has 146 valence electrons. The van der Waals surface area contributed by atoms with Crippen LogP contribution in [0.3, 0.4) is 0 Å². The number of anilines is 1. The molecule has 0 unspecified atom stereocenters. The second kappa shape index (κ2) is 7.48. The topological polar surface area (TPSA) is 94.3 Å². The van der Waals surface area contributed by atoms with Gasteiger partial charge in [-0.15, -0.1) is 11.3 Å². The minimum Gasteiger partial charge on any atom is -0.465 e. The highest BCUT2D eigenvalue weighted by Crippen LogP contribution is 2.30. The summed E-state index contributed by atoms with van der Waals surface area (Å²) in [5, 5.41) is 9.34. The van der Waals surface area contributed by atoms with Gasteiger partial charge in [-0.25, -0.2) is 9.78 Å². The predicted octanol–water partition coefficient (Wildman–Crippen LogP) is 4.61. The van der Waals surface area contributed by atoms with Gasteiger partial charge in [-0.05, 0) is 49.1 Å². The van der Waals surface area contributed by atoms with Gasteiger partial charge in [0.05, 0.1) is 39.9 Å². The zero-order valence-corrected chi connectivity index (χ0v) is 16.8. The van der Waals surface area contributed by atoms with E-state index in [1.165, 1.54) is 18.4 Å². The van der Waals surface area contributed by atoms with E-state index in [9.17, 15) is 9.59 Å². The van der Waals surface area contributed by atoms with Crippen LogP contribution in [0.15, 0.2) is 46.3 Å². The molecule has 0 fully saturated rings. The van der Waals surface area contributed by atoms with E-state index >= 15 is 0 Å². The van der Waals surface area contributed by atoms with Crippen molar-refractivity contribution in [1.29, 1.82) is 0 Å². The highest BCUT2D eigenvalue weighted by molar-refractivity contribution is 7.13. The number of carbonyl (C=O) groups excluding carboxylic acids is 2. The molecule has 0 radical (unpaired) electrons. The Morgan fingerprint density at radius 3 is 2.69 bits per heavy atom. The lowest BCUT2D eigenvalue weighted by Gasteiger charge is -2.12. The minimum absolute atomic E-state index is 0.304. The van der Waals surface area contributed by atoms with E-state index in [1.807, 2.05) is 17.5 Å². The number of esters is 1. The zero-order chi connectivity index (χ0) is 20.5. The Labute approximate surface area is 170 Å². The van der Waals surface area contributed by atoms with Crippen molar-refractivity contribution in [3.63, 3.8) is 0 Å². The molecule has 0 saturated heterocycles. The molecule has 4 aromatic rings. The Balaban J connectivity index is 1.78. The Morgan fingerprint density at radius 1 is 1.14 bits per heavy atom. The maximum atomic E-state index is 13.2. The number of aromatic nitrogens is 2. The molecule has 3 heterocycles. The summed E-state index contributed by atoms with van der Waals surface area (Å²) in [7, 11) is 1.32. The summed E-state index contributed by atoms with van der Waals surface area (Å²) in [6.45, 7) is 3.52. The van der Waals surface area contributed by atoms with Crippen LogP contribution in [0.25, 0.3) is 21.7 Å². The van der Waals surface area contributed by atoms with Gasteiger partial charge in [-0.2, -0.15) is 0 Å². The second-order valence-electron chi connectivity index (χ2n) is 6.40. The number of nitrogens with one attached hydrogen (secondary N) is 1. The number of aryl methyl sites for hydroxylation is 1. The summed E-state index contributed by atoms with van der Waals surface area (Å²) < 4.78 is 10.1. The summed E-state index contributed by atoms with van der Waals surface area (Å²) in [6.07, 6.45) is 0. The lowest BCUT2D eigenvalue weighted by atomic mass is 10.1. The van der Waals surface area contributed by atoms with Crippen LogP contribution >= 0.6 is 11.3 Å². The van der Waals surface area contributed by atoms with Gasteiger partial charge in [0.1, 0.15) is 0 Å². The van der Waals surface area contributed by atoms with Crippen LogP contribution in [0, 0.1) is 13.8 Å². The molecular formula is C21H17N3O4S. The molecule has 1 N–H and O–H groups in total. The van der Waals surface area contributed by atoms with Crippen LogP contribution in [0.5, 0.6) is 0 Å². The number of benzene rings is 1. The largest absolute Gasteiger partial charge is 0.465 e. The Hall–Kier alpha value is -3.52. The molecule has 0 aliphatic heterocycles. The van der Waals surface area contributed by atoms with Crippen molar-refractivity contribution in [2.24, 2.45) is 0 Å². The van der Waals surface area contributed by atoms with Crippen LogP contribution in [0.1, 0.15) is 32.0 Å². The number of hydrogen-bond donors (Lipinski definition) is 1. The van der Waals surface area contributed by atoms with Crippen LogP contribution in [-0.2, 0) is 4.74 Å². The summed E-state index contributed by atoms with van der Waals surface area (Å²) >= 11 is 1.52. The highest BCUT2D eigenvalue weighted by Gasteiger charge is 2.21. The van der Waals surface area contributed by atoms with E-state index in [4.69, 9.17) is 9.26 Å². The molecule has 0 aliphatic rings. The molecule has 29 heavy (non-hydrogen) atoms. The lowest BCUT2D eigenvalue weighted by Crippen LogP contribution is -2.15. The van der Waals surface area contributed by atoms with Gasteiger partial charge < -0.3 is 14.6 Å². The number of carbonyl (C=O) groups is 2. The van der Waals surface area contributed by atoms with Gasteiger partial charge in [0.15, 0.2) is 0 Å². The van der Waals surface area contributed by atoms with E-state index in [1.54, 1.807) is 38.1 Å². The third-order valence-electron chi connectivity index (χ3n) is 4.62. The second-order valence-corrected chi connectivity index (χ2v) is 7.35.